The minimum Gasteiger partial charge on any atom is -0.391 e. The van der Waals surface area contributed by atoms with Gasteiger partial charge in [-0.25, -0.2) is 9.18 Å². The van der Waals surface area contributed by atoms with Crippen LogP contribution in [0.3, 0.4) is 0 Å². The third-order valence-electron chi connectivity index (χ3n) is 2.49. The van der Waals surface area contributed by atoms with Gasteiger partial charge in [-0.3, -0.25) is 0 Å². The van der Waals surface area contributed by atoms with Gasteiger partial charge in [0.15, 0.2) is 0 Å². The lowest BCUT2D eigenvalue weighted by Crippen LogP contribution is -2.35. The Balaban J connectivity index is 2.47. The zero-order valence-corrected chi connectivity index (χ0v) is 10.7. The van der Waals surface area contributed by atoms with Crippen molar-refractivity contribution in [1.82, 2.24) is 5.32 Å². The molecule has 4 nitrogen and oxygen atoms in total. The van der Waals surface area contributed by atoms with Crippen LogP contribution in [0.4, 0.5) is 14.9 Å². The first-order valence-electron chi connectivity index (χ1n) is 6.02. The normalized spacial score (nSPS) is 12.0. The molecule has 0 spiro atoms. The number of rotatable bonds is 5. The summed E-state index contributed by atoms with van der Waals surface area (Å²) in [6, 6.07) is 3.96. The van der Waals surface area contributed by atoms with E-state index in [1.165, 1.54) is 6.07 Å². The number of hydrogen-bond acceptors (Lipinski definition) is 2. The molecule has 1 unspecified atom stereocenters. The van der Waals surface area contributed by atoms with Gasteiger partial charge in [-0.05, 0) is 31.0 Å². The molecule has 0 radical (unpaired) electrons. The van der Waals surface area contributed by atoms with Crippen molar-refractivity contribution in [3.8, 4) is 0 Å². The van der Waals surface area contributed by atoms with Crippen LogP contribution in [0, 0.1) is 12.7 Å². The van der Waals surface area contributed by atoms with Crippen LogP contribution in [0.2, 0.25) is 0 Å². The highest BCUT2D eigenvalue weighted by Gasteiger charge is 2.08. The molecule has 0 aliphatic carbocycles. The highest BCUT2D eigenvalue weighted by Crippen LogP contribution is 2.15. The number of anilines is 1. The van der Waals surface area contributed by atoms with Crippen molar-refractivity contribution in [2.45, 2.75) is 32.8 Å². The molecule has 0 saturated carbocycles. The lowest BCUT2D eigenvalue weighted by Gasteiger charge is -2.12. The van der Waals surface area contributed by atoms with Crippen molar-refractivity contribution in [3.05, 3.63) is 29.6 Å². The monoisotopic (exact) mass is 254 g/mol. The van der Waals surface area contributed by atoms with E-state index in [1.54, 1.807) is 12.1 Å². The molecule has 0 aromatic heterocycles. The van der Waals surface area contributed by atoms with Crippen LogP contribution in [0.15, 0.2) is 18.2 Å². The highest BCUT2D eigenvalue weighted by molar-refractivity contribution is 5.89. The summed E-state index contributed by atoms with van der Waals surface area (Å²) in [5.41, 5.74) is 0.996. The van der Waals surface area contributed by atoms with E-state index in [4.69, 9.17) is 0 Å². The molecule has 0 aliphatic heterocycles. The molecule has 5 heteroatoms. The summed E-state index contributed by atoms with van der Waals surface area (Å²) < 4.78 is 13.4. The summed E-state index contributed by atoms with van der Waals surface area (Å²) in [6.45, 7) is 3.92. The van der Waals surface area contributed by atoms with Crippen LogP contribution < -0.4 is 10.6 Å². The Labute approximate surface area is 106 Å². The number of aryl methyl sites for hydroxylation is 1. The minimum absolute atomic E-state index is 0.137. The van der Waals surface area contributed by atoms with Gasteiger partial charge in [-0.1, -0.05) is 19.4 Å². The van der Waals surface area contributed by atoms with E-state index in [1.807, 2.05) is 13.8 Å². The Morgan fingerprint density at radius 3 is 2.89 bits per heavy atom. The summed E-state index contributed by atoms with van der Waals surface area (Å²) in [7, 11) is 0. The maximum absolute atomic E-state index is 13.4. The number of carbonyl (C=O) groups is 1. The fourth-order valence-electron chi connectivity index (χ4n) is 1.55. The molecule has 0 saturated heterocycles. The van der Waals surface area contributed by atoms with Crippen LogP contribution >= 0.6 is 0 Å². The van der Waals surface area contributed by atoms with Crippen LogP contribution in [0.5, 0.6) is 0 Å². The maximum atomic E-state index is 13.4. The topological polar surface area (TPSA) is 61.4 Å². The molecule has 0 bridgehead atoms. The van der Waals surface area contributed by atoms with Crippen molar-refractivity contribution >= 4 is 11.7 Å². The Morgan fingerprint density at radius 2 is 2.22 bits per heavy atom. The Bertz CT molecular complexity index is 410. The maximum Gasteiger partial charge on any atom is 0.319 e. The molecule has 0 fully saturated rings. The number of benzene rings is 1. The van der Waals surface area contributed by atoms with E-state index in [-0.39, 0.29) is 12.2 Å². The first kappa shape index (κ1) is 14.4. The number of aliphatic hydroxyl groups is 1. The van der Waals surface area contributed by atoms with E-state index in [9.17, 15) is 14.3 Å². The van der Waals surface area contributed by atoms with E-state index in [0.29, 0.717) is 6.42 Å². The molecule has 100 valence electrons. The van der Waals surface area contributed by atoms with Gasteiger partial charge in [0.05, 0.1) is 11.8 Å². The quantitative estimate of drug-likeness (QED) is 0.755. The molecular formula is C13H19FN2O2. The van der Waals surface area contributed by atoms with E-state index in [2.05, 4.69) is 10.6 Å². The average Bonchev–Trinajstić information content (AvgIpc) is 2.32. The summed E-state index contributed by atoms with van der Waals surface area (Å²) in [4.78, 5) is 11.5. The van der Waals surface area contributed by atoms with Crippen LogP contribution in [-0.2, 0) is 0 Å². The molecule has 2 amide bonds. The van der Waals surface area contributed by atoms with E-state index >= 15 is 0 Å². The second-order valence-corrected chi connectivity index (χ2v) is 4.26. The number of urea groups is 1. The standard InChI is InChI=1S/C13H19FN2O2/c1-3-4-10(17)8-15-13(18)16-12-7-9(2)5-6-11(12)14/h5-7,10,17H,3-4,8H2,1-2H3,(H2,15,16,18). The second kappa shape index (κ2) is 6.96. The molecule has 1 aromatic carbocycles. The largest absolute Gasteiger partial charge is 0.391 e. The zero-order valence-electron chi connectivity index (χ0n) is 10.7. The molecule has 1 atom stereocenters. The smallest absolute Gasteiger partial charge is 0.319 e. The van der Waals surface area contributed by atoms with Crippen molar-refractivity contribution in [3.63, 3.8) is 0 Å². The SMILES string of the molecule is CCCC(O)CNC(=O)Nc1cc(C)ccc1F. The molecule has 1 rings (SSSR count). The van der Waals surface area contributed by atoms with Gasteiger partial charge in [0.2, 0.25) is 0 Å². The minimum atomic E-state index is -0.567. The van der Waals surface area contributed by atoms with E-state index < -0.39 is 18.0 Å². The lowest BCUT2D eigenvalue weighted by molar-refractivity contribution is 0.162. The fourth-order valence-corrected chi connectivity index (χ4v) is 1.55. The zero-order chi connectivity index (χ0) is 13.5. The number of hydrogen-bond donors (Lipinski definition) is 3. The molecule has 0 heterocycles. The van der Waals surface area contributed by atoms with Crippen LogP contribution in [-0.4, -0.2) is 23.8 Å². The third-order valence-corrected chi connectivity index (χ3v) is 2.49. The summed E-state index contributed by atoms with van der Waals surface area (Å²) in [5.74, 6) is -0.482. The van der Waals surface area contributed by atoms with Crippen LogP contribution in [0.1, 0.15) is 25.3 Å². The molecule has 3 N–H and O–H groups in total. The molecule has 18 heavy (non-hydrogen) atoms. The molecule has 1 aromatic rings. The molecular weight excluding hydrogens is 235 g/mol. The van der Waals surface area contributed by atoms with Crippen molar-refractivity contribution < 1.29 is 14.3 Å². The Hall–Kier alpha value is -1.62. The van der Waals surface area contributed by atoms with Gasteiger partial charge in [-0.15, -0.1) is 0 Å². The number of amides is 2. The molecule has 0 aliphatic rings. The van der Waals surface area contributed by atoms with Crippen molar-refractivity contribution in [1.29, 1.82) is 0 Å². The van der Waals surface area contributed by atoms with Crippen molar-refractivity contribution in [2.75, 3.05) is 11.9 Å². The first-order chi connectivity index (χ1) is 8.52. The predicted molar refractivity (Wildman–Crippen MR) is 69.1 cm³/mol. The third kappa shape index (κ3) is 4.71. The van der Waals surface area contributed by atoms with Gasteiger partial charge in [0, 0.05) is 6.54 Å². The summed E-state index contributed by atoms with van der Waals surface area (Å²) in [5, 5.41) is 14.4. The Morgan fingerprint density at radius 1 is 1.50 bits per heavy atom. The van der Waals surface area contributed by atoms with Crippen LogP contribution in [0.25, 0.3) is 0 Å². The van der Waals surface area contributed by atoms with Gasteiger partial charge in [0.25, 0.3) is 0 Å². The number of carbonyl (C=O) groups excluding carboxylic acids is 1. The fraction of sp³-hybridized carbons (Fsp3) is 0.462. The lowest BCUT2D eigenvalue weighted by atomic mass is 10.2. The second-order valence-electron chi connectivity index (χ2n) is 4.26. The van der Waals surface area contributed by atoms with Crippen molar-refractivity contribution in [2.24, 2.45) is 0 Å². The van der Waals surface area contributed by atoms with Gasteiger partial charge < -0.3 is 15.7 Å². The highest BCUT2D eigenvalue weighted by atomic mass is 19.1. The van der Waals surface area contributed by atoms with Gasteiger partial charge >= 0.3 is 6.03 Å². The van der Waals surface area contributed by atoms with Gasteiger partial charge in [-0.2, -0.15) is 0 Å². The number of nitrogens with one attached hydrogen (secondary N) is 2. The van der Waals surface area contributed by atoms with Gasteiger partial charge in [0.1, 0.15) is 5.82 Å². The average molecular weight is 254 g/mol. The summed E-state index contributed by atoms with van der Waals surface area (Å²) in [6.07, 6.45) is 0.902. The summed E-state index contributed by atoms with van der Waals surface area (Å²) >= 11 is 0. The number of aliphatic hydroxyl groups excluding tert-OH is 1. The first-order valence-corrected chi connectivity index (χ1v) is 6.02. The van der Waals surface area contributed by atoms with E-state index in [0.717, 1.165) is 12.0 Å². The number of halogens is 1. The Kier molecular flexibility index (Phi) is 5.58. The predicted octanol–water partition coefficient (Wildman–Crippen LogP) is 2.42.